The lowest BCUT2D eigenvalue weighted by Gasteiger charge is -2.20. The van der Waals surface area contributed by atoms with Crippen molar-refractivity contribution in [2.24, 2.45) is 7.05 Å². The lowest BCUT2D eigenvalue weighted by molar-refractivity contribution is 0.166. The highest BCUT2D eigenvalue weighted by Gasteiger charge is 2.15. The Bertz CT molecular complexity index is 549. The lowest BCUT2D eigenvalue weighted by atomic mass is 9.86. The van der Waals surface area contributed by atoms with Crippen LogP contribution in [0.3, 0.4) is 0 Å². The maximum absolute atomic E-state index is 10.3. The van der Waals surface area contributed by atoms with Gasteiger partial charge in [0.15, 0.2) is 0 Å². The average Bonchev–Trinajstić information content (AvgIpc) is 2.81. The van der Waals surface area contributed by atoms with Crippen LogP contribution in [0.4, 0.5) is 0 Å². The largest absolute Gasteiger partial charge is 0.388 e. The first-order valence-electron chi connectivity index (χ1n) is 7.12. The van der Waals surface area contributed by atoms with Crippen molar-refractivity contribution in [2.75, 3.05) is 0 Å². The molecule has 0 amide bonds. The zero-order chi connectivity index (χ0) is 14.8. The van der Waals surface area contributed by atoms with Crippen LogP contribution in [-0.4, -0.2) is 14.7 Å². The summed E-state index contributed by atoms with van der Waals surface area (Å²) in [5.74, 6) is 1.01. The molecule has 1 heterocycles. The van der Waals surface area contributed by atoms with Crippen molar-refractivity contribution in [1.29, 1.82) is 0 Å². The van der Waals surface area contributed by atoms with Gasteiger partial charge in [0.1, 0.15) is 5.82 Å². The maximum atomic E-state index is 10.3. The fourth-order valence-electron chi connectivity index (χ4n) is 2.28. The van der Waals surface area contributed by atoms with Gasteiger partial charge < -0.3 is 9.67 Å². The van der Waals surface area contributed by atoms with Gasteiger partial charge in [-0.2, -0.15) is 0 Å². The number of aryl methyl sites for hydroxylation is 2. The summed E-state index contributed by atoms with van der Waals surface area (Å²) in [5.41, 5.74) is 2.42. The van der Waals surface area contributed by atoms with Crippen molar-refractivity contribution in [2.45, 2.75) is 45.1 Å². The second-order valence-electron chi connectivity index (χ2n) is 6.38. The summed E-state index contributed by atoms with van der Waals surface area (Å²) >= 11 is 0. The number of nitrogens with zero attached hydrogens (tertiary/aromatic N) is 2. The summed E-state index contributed by atoms with van der Waals surface area (Å²) in [6, 6.07) is 8.28. The Balaban J connectivity index is 1.99. The van der Waals surface area contributed by atoms with Gasteiger partial charge in [-0.05, 0) is 23.0 Å². The molecule has 0 saturated heterocycles. The highest BCUT2D eigenvalue weighted by atomic mass is 16.3. The van der Waals surface area contributed by atoms with Crippen molar-refractivity contribution in [1.82, 2.24) is 9.55 Å². The summed E-state index contributed by atoms with van der Waals surface area (Å²) in [6.45, 7) is 6.58. The smallest absolute Gasteiger partial charge is 0.108 e. The van der Waals surface area contributed by atoms with Gasteiger partial charge in [-0.3, -0.25) is 0 Å². The van der Waals surface area contributed by atoms with Crippen LogP contribution in [0.15, 0.2) is 36.7 Å². The third-order valence-corrected chi connectivity index (χ3v) is 3.72. The Hall–Kier alpha value is -1.61. The molecule has 108 valence electrons. The Morgan fingerprint density at radius 3 is 2.35 bits per heavy atom. The predicted octanol–water partition coefficient (Wildman–Crippen LogP) is 3.38. The van der Waals surface area contributed by atoms with Crippen molar-refractivity contribution < 1.29 is 5.11 Å². The Labute approximate surface area is 121 Å². The maximum Gasteiger partial charge on any atom is 0.108 e. The first kappa shape index (κ1) is 14.8. The van der Waals surface area contributed by atoms with Gasteiger partial charge in [-0.15, -0.1) is 0 Å². The quantitative estimate of drug-likeness (QED) is 0.926. The van der Waals surface area contributed by atoms with E-state index < -0.39 is 6.10 Å². The summed E-state index contributed by atoms with van der Waals surface area (Å²) in [4.78, 5) is 4.28. The van der Waals surface area contributed by atoms with Crippen LogP contribution >= 0.6 is 0 Å². The molecule has 1 N–H and O–H groups in total. The molecule has 0 radical (unpaired) electrons. The number of hydrogen-bond donors (Lipinski definition) is 1. The molecule has 2 aromatic rings. The minimum atomic E-state index is -0.430. The van der Waals surface area contributed by atoms with Crippen LogP contribution in [0.25, 0.3) is 0 Å². The van der Waals surface area contributed by atoms with Crippen molar-refractivity contribution in [3.05, 3.63) is 53.6 Å². The first-order valence-corrected chi connectivity index (χ1v) is 7.12. The zero-order valence-corrected chi connectivity index (χ0v) is 12.8. The third kappa shape index (κ3) is 3.48. The molecule has 1 atom stereocenters. The van der Waals surface area contributed by atoms with Gasteiger partial charge in [0, 0.05) is 25.9 Å². The van der Waals surface area contributed by atoms with Gasteiger partial charge in [0.25, 0.3) is 0 Å². The van der Waals surface area contributed by atoms with Gasteiger partial charge in [-0.1, -0.05) is 45.0 Å². The summed E-state index contributed by atoms with van der Waals surface area (Å²) < 4.78 is 2.00. The lowest BCUT2D eigenvalue weighted by Crippen LogP contribution is -2.11. The van der Waals surface area contributed by atoms with Gasteiger partial charge in [0.05, 0.1) is 6.10 Å². The van der Waals surface area contributed by atoms with Gasteiger partial charge in [0.2, 0.25) is 0 Å². The SMILES string of the molecule is Cn1ccnc1CCC(O)c1ccc(C(C)(C)C)cc1. The highest BCUT2D eigenvalue weighted by molar-refractivity contribution is 5.28. The van der Waals surface area contributed by atoms with E-state index in [1.54, 1.807) is 6.20 Å². The van der Waals surface area contributed by atoms with Gasteiger partial charge >= 0.3 is 0 Å². The molecular formula is C17H24N2O. The monoisotopic (exact) mass is 272 g/mol. The molecule has 2 rings (SSSR count). The van der Waals surface area contributed by atoms with Crippen molar-refractivity contribution >= 4 is 0 Å². The molecule has 1 aromatic carbocycles. The molecule has 0 aliphatic carbocycles. The minimum absolute atomic E-state index is 0.149. The number of aliphatic hydroxyl groups excluding tert-OH is 1. The molecule has 0 aliphatic heterocycles. The van der Waals surface area contributed by atoms with E-state index in [9.17, 15) is 5.11 Å². The van der Waals surface area contributed by atoms with Crippen LogP contribution in [0, 0.1) is 0 Å². The van der Waals surface area contributed by atoms with Gasteiger partial charge in [-0.25, -0.2) is 4.98 Å². The third-order valence-electron chi connectivity index (χ3n) is 3.72. The second kappa shape index (κ2) is 5.80. The van der Waals surface area contributed by atoms with E-state index in [2.05, 4.69) is 37.9 Å². The fraction of sp³-hybridized carbons (Fsp3) is 0.471. The fourth-order valence-corrected chi connectivity index (χ4v) is 2.28. The molecule has 3 heteroatoms. The number of rotatable bonds is 4. The molecule has 1 unspecified atom stereocenters. The zero-order valence-electron chi connectivity index (χ0n) is 12.8. The van der Waals surface area contributed by atoms with E-state index >= 15 is 0 Å². The number of benzene rings is 1. The van der Waals surface area contributed by atoms with Crippen LogP contribution in [0.5, 0.6) is 0 Å². The Kier molecular flexibility index (Phi) is 4.29. The van der Waals surface area contributed by atoms with E-state index in [-0.39, 0.29) is 5.41 Å². The molecule has 0 saturated carbocycles. The Morgan fingerprint density at radius 1 is 1.20 bits per heavy atom. The molecule has 20 heavy (non-hydrogen) atoms. The first-order chi connectivity index (χ1) is 9.38. The van der Waals surface area contributed by atoms with E-state index in [1.807, 2.05) is 29.9 Å². The van der Waals surface area contributed by atoms with Crippen LogP contribution < -0.4 is 0 Å². The van der Waals surface area contributed by atoms with Crippen LogP contribution in [0.2, 0.25) is 0 Å². The normalized spacial score (nSPS) is 13.4. The molecule has 0 aliphatic rings. The molecule has 3 nitrogen and oxygen atoms in total. The Morgan fingerprint density at radius 2 is 1.85 bits per heavy atom. The minimum Gasteiger partial charge on any atom is -0.388 e. The predicted molar refractivity (Wildman–Crippen MR) is 81.6 cm³/mol. The van der Waals surface area contributed by atoms with E-state index in [4.69, 9.17) is 0 Å². The summed E-state index contributed by atoms with van der Waals surface area (Å²) in [6.07, 6.45) is 4.77. The molecule has 0 bridgehead atoms. The summed E-state index contributed by atoms with van der Waals surface area (Å²) in [5, 5.41) is 10.3. The van der Waals surface area contributed by atoms with Crippen LogP contribution in [0.1, 0.15) is 50.2 Å². The van der Waals surface area contributed by atoms with E-state index in [1.165, 1.54) is 5.56 Å². The van der Waals surface area contributed by atoms with E-state index in [0.717, 1.165) is 17.8 Å². The van der Waals surface area contributed by atoms with Crippen molar-refractivity contribution in [3.63, 3.8) is 0 Å². The number of imidazole rings is 1. The summed E-state index contributed by atoms with van der Waals surface area (Å²) in [7, 11) is 1.98. The van der Waals surface area contributed by atoms with Crippen molar-refractivity contribution in [3.8, 4) is 0 Å². The van der Waals surface area contributed by atoms with Crippen LogP contribution in [-0.2, 0) is 18.9 Å². The standard InChI is InChI=1S/C17H24N2O/c1-17(2,3)14-7-5-13(6-8-14)15(20)9-10-16-18-11-12-19(16)4/h5-8,11-12,15,20H,9-10H2,1-4H3. The number of hydrogen-bond acceptors (Lipinski definition) is 2. The molecule has 1 aromatic heterocycles. The molecular weight excluding hydrogens is 248 g/mol. The number of aliphatic hydroxyl groups is 1. The second-order valence-corrected chi connectivity index (χ2v) is 6.38. The highest BCUT2D eigenvalue weighted by Crippen LogP contribution is 2.25. The molecule has 0 spiro atoms. The average molecular weight is 272 g/mol. The van der Waals surface area contributed by atoms with E-state index in [0.29, 0.717) is 6.42 Å². The topological polar surface area (TPSA) is 38.0 Å². The number of aromatic nitrogens is 2. The molecule has 0 fully saturated rings.